The molecule has 20 heavy (non-hydrogen) atoms. The number of hydrogen-bond acceptors (Lipinski definition) is 4. The smallest absolute Gasteiger partial charge is 0.137 e. The molecule has 2 rings (SSSR count). The van der Waals surface area contributed by atoms with Crippen molar-refractivity contribution in [2.45, 2.75) is 65.0 Å². The molecule has 0 bridgehead atoms. The third kappa shape index (κ3) is 3.61. The van der Waals surface area contributed by atoms with Crippen LogP contribution in [0.25, 0.3) is 0 Å². The van der Waals surface area contributed by atoms with E-state index in [2.05, 4.69) is 43.0 Å². The quantitative estimate of drug-likeness (QED) is 0.859. The molecule has 0 radical (unpaired) electrons. The highest BCUT2D eigenvalue weighted by Gasteiger charge is 2.29. The molecule has 1 aliphatic heterocycles. The van der Waals surface area contributed by atoms with Gasteiger partial charge < -0.3 is 10.1 Å². The van der Waals surface area contributed by atoms with Crippen LogP contribution in [-0.4, -0.2) is 28.2 Å². The van der Waals surface area contributed by atoms with Gasteiger partial charge in [-0.3, -0.25) is 0 Å². The number of anilines is 1. The molecule has 2 heterocycles. The Balaban J connectivity index is 2.20. The topological polar surface area (TPSA) is 47.0 Å². The van der Waals surface area contributed by atoms with E-state index in [4.69, 9.17) is 16.3 Å². The van der Waals surface area contributed by atoms with Gasteiger partial charge in [-0.1, -0.05) is 25.4 Å². The molecule has 0 aliphatic carbocycles. The van der Waals surface area contributed by atoms with Gasteiger partial charge in [0.05, 0.1) is 5.60 Å². The van der Waals surface area contributed by atoms with Crippen molar-refractivity contribution in [3.8, 4) is 0 Å². The average molecular weight is 298 g/mol. The first-order chi connectivity index (χ1) is 9.28. The van der Waals surface area contributed by atoms with Crippen LogP contribution >= 0.6 is 11.6 Å². The van der Waals surface area contributed by atoms with Crippen molar-refractivity contribution >= 4 is 17.4 Å². The second-order valence-electron chi connectivity index (χ2n) is 6.44. The van der Waals surface area contributed by atoms with Gasteiger partial charge in [0.15, 0.2) is 0 Å². The Kier molecular flexibility index (Phi) is 4.55. The number of nitrogens with one attached hydrogen (secondary N) is 1. The highest BCUT2D eigenvalue weighted by molar-refractivity contribution is 6.30. The van der Waals surface area contributed by atoms with Crippen LogP contribution in [0.1, 0.15) is 57.8 Å². The van der Waals surface area contributed by atoms with E-state index < -0.39 is 0 Å². The van der Waals surface area contributed by atoms with Crippen LogP contribution in [0.15, 0.2) is 0 Å². The second-order valence-corrected chi connectivity index (χ2v) is 6.80. The summed E-state index contributed by atoms with van der Waals surface area (Å²) >= 11 is 6.22. The summed E-state index contributed by atoms with van der Waals surface area (Å²) in [4.78, 5) is 8.97. The fourth-order valence-corrected chi connectivity index (χ4v) is 2.63. The number of aromatic nitrogens is 2. The Morgan fingerprint density at radius 2 is 2.05 bits per heavy atom. The molecule has 0 aromatic carbocycles. The van der Waals surface area contributed by atoms with Gasteiger partial charge in [-0.25, -0.2) is 9.97 Å². The molecule has 1 atom stereocenters. The maximum absolute atomic E-state index is 6.22. The third-order valence-electron chi connectivity index (χ3n) is 3.66. The summed E-state index contributed by atoms with van der Waals surface area (Å²) in [6.07, 6.45) is 1.95. The summed E-state index contributed by atoms with van der Waals surface area (Å²) in [6, 6.07) is 0.364. The zero-order valence-corrected chi connectivity index (χ0v) is 13.7. The normalized spacial score (nSPS) is 22.1. The van der Waals surface area contributed by atoms with Crippen LogP contribution in [0.4, 0.5) is 5.82 Å². The maximum Gasteiger partial charge on any atom is 0.137 e. The summed E-state index contributed by atoms with van der Waals surface area (Å²) in [5.41, 5.74) is 0.835. The molecule has 0 saturated carbocycles. The molecule has 1 N–H and O–H groups in total. The lowest BCUT2D eigenvalue weighted by molar-refractivity contribution is -0.0553. The number of ether oxygens (including phenoxy) is 1. The van der Waals surface area contributed by atoms with Gasteiger partial charge in [0, 0.05) is 24.1 Å². The molecule has 1 unspecified atom stereocenters. The Morgan fingerprint density at radius 1 is 1.35 bits per heavy atom. The summed E-state index contributed by atoms with van der Waals surface area (Å²) in [7, 11) is 0. The van der Waals surface area contributed by atoms with Crippen molar-refractivity contribution in [2.75, 3.05) is 11.9 Å². The standard InChI is InChI=1S/C15H24ClN3O/c1-9(2)13-18-12(16)10(3)14(19-13)17-11-6-7-20-15(4,5)8-11/h9,11H,6-8H2,1-5H3,(H,17,18,19). The zero-order chi connectivity index (χ0) is 14.9. The lowest BCUT2D eigenvalue weighted by atomic mass is 9.94. The largest absolute Gasteiger partial charge is 0.375 e. The lowest BCUT2D eigenvalue weighted by Crippen LogP contribution is -2.40. The van der Waals surface area contributed by atoms with Crippen LogP contribution < -0.4 is 5.32 Å². The molecule has 1 aromatic heterocycles. The van der Waals surface area contributed by atoms with Gasteiger partial charge in [-0.05, 0) is 33.6 Å². The van der Waals surface area contributed by atoms with Crippen molar-refractivity contribution in [1.82, 2.24) is 9.97 Å². The predicted octanol–water partition coefficient (Wildman–Crippen LogP) is 3.93. The summed E-state index contributed by atoms with van der Waals surface area (Å²) in [5, 5.41) is 4.06. The molecule has 112 valence electrons. The summed E-state index contributed by atoms with van der Waals surface area (Å²) in [5.74, 6) is 1.91. The highest BCUT2D eigenvalue weighted by Crippen LogP contribution is 2.29. The fourth-order valence-electron chi connectivity index (χ4n) is 2.45. The first-order valence-corrected chi connectivity index (χ1v) is 7.61. The minimum absolute atomic E-state index is 0.0818. The van der Waals surface area contributed by atoms with E-state index in [0.29, 0.717) is 11.2 Å². The van der Waals surface area contributed by atoms with Gasteiger partial charge in [0.25, 0.3) is 0 Å². The first kappa shape index (κ1) is 15.5. The van der Waals surface area contributed by atoms with Gasteiger partial charge in [-0.2, -0.15) is 0 Å². The molecular formula is C15H24ClN3O. The number of nitrogens with zero attached hydrogens (tertiary/aromatic N) is 2. The van der Waals surface area contributed by atoms with E-state index in [1.165, 1.54) is 0 Å². The molecule has 1 aromatic rings. The van der Waals surface area contributed by atoms with E-state index in [-0.39, 0.29) is 11.5 Å². The van der Waals surface area contributed by atoms with E-state index >= 15 is 0 Å². The summed E-state index contributed by atoms with van der Waals surface area (Å²) in [6.45, 7) is 11.1. The van der Waals surface area contributed by atoms with Gasteiger partial charge in [-0.15, -0.1) is 0 Å². The minimum atomic E-state index is -0.0818. The van der Waals surface area contributed by atoms with Crippen LogP contribution in [-0.2, 0) is 4.74 Å². The molecule has 1 aliphatic rings. The molecule has 1 fully saturated rings. The third-order valence-corrected chi connectivity index (χ3v) is 4.03. The van der Waals surface area contributed by atoms with Gasteiger partial charge >= 0.3 is 0 Å². The Bertz CT molecular complexity index is 488. The van der Waals surface area contributed by atoms with Gasteiger partial charge in [0.1, 0.15) is 16.8 Å². The molecule has 0 spiro atoms. The molecular weight excluding hydrogens is 274 g/mol. The van der Waals surface area contributed by atoms with Crippen molar-refractivity contribution < 1.29 is 4.74 Å². The first-order valence-electron chi connectivity index (χ1n) is 7.23. The van der Waals surface area contributed by atoms with E-state index in [1.807, 2.05) is 6.92 Å². The number of rotatable bonds is 3. The Morgan fingerprint density at radius 3 is 2.65 bits per heavy atom. The zero-order valence-electron chi connectivity index (χ0n) is 13.0. The van der Waals surface area contributed by atoms with Crippen molar-refractivity contribution in [2.24, 2.45) is 0 Å². The van der Waals surface area contributed by atoms with Crippen molar-refractivity contribution in [3.63, 3.8) is 0 Å². The summed E-state index contributed by atoms with van der Waals surface area (Å²) < 4.78 is 5.75. The lowest BCUT2D eigenvalue weighted by Gasteiger charge is -2.36. The highest BCUT2D eigenvalue weighted by atomic mass is 35.5. The van der Waals surface area contributed by atoms with Crippen molar-refractivity contribution in [3.05, 3.63) is 16.5 Å². The molecule has 0 amide bonds. The van der Waals surface area contributed by atoms with Gasteiger partial charge in [0.2, 0.25) is 0 Å². The second kappa shape index (κ2) is 5.86. The van der Waals surface area contributed by atoms with E-state index in [1.54, 1.807) is 0 Å². The molecule has 1 saturated heterocycles. The maximum atomic E-state index is 6.22. The van der Waals surface area contributed by atoms with E-state index in [9.17, 15) is 0 Å². The Hall–Kier alpha value is -0.870. The Labute approximate surface area is 126 Å². The average Bonchev–Trinajstić information content (AvgIpc) is 2.33. The van der Waals surface area contributed by atoms with Crippen LogP contribution in [0, 0.1) is 6.92 Å². The van der Waals surface area contributed by atoms with Crippen LogP contribution in [0.3, 0.4) is 0 Å². The fraction of sp³-hybridized carbons (Fsp3) is 0.733. The molecule has 4 nitrogen and oxygen atoms in total. The van der Waals surface area contributed by atoms with Crippen LogP contribution in [0.2, 0.25) is 5.15 Å². The number of halogens is 1. The SMILES string of the molecule is Cc1c(Cl)nc(C(C)C)nc1NC1CCOC(C)(C)C1. The minimum Gasteiger partial charge on any atom is -0.375 e. The monoisotopic (exact) mass is 297 g/mol. The van der Waals surface area contributed by atoms with Crippen molar-refractivity contribution in [1.29, 1.82) is 0 Å². The van der Waals surface area contributed by atoms with E-state index in [0.717, 1.165) is 36.7 Å². The predicted molar refractivity (Wildman–Crippen MR) is 82.5 cm³/mol. The number of hydrogen-bond donors (Lipinski definition) is 1. The van der Waals surface area contributed by atoms with Crippen LogP contribution in [0.5, 0.6) is 0 Å². The molecule has 5 heteroatoms.